The van der Waals surface area contributed by atoms with Gasteiger partial charge in [0.2, 0.25) is 0 Å². The smallest absolute Gasteiger partial charge is 0.0443 e. The second-order valence-electron chi connectivity index (χ2n) is 4.81. The summed E-state index contributed by atoms with van der Waals surface area (Å²) in [6.07, 6.45) is 4.66. The van der Waals surface area contributed by atoms with Crippen molar-refractivity contribution < 1.29 is 5.11 Å². The molecule has 2 rings (SSSR count). The van der Waals surface area contributed by atoms with E-state index in [0.29, 0.717) is 12.6 Å². The SMILES string of the molecule is CCN(CCCO)C1CCCc2ccccc21. The maximum Gasteiger partial charge on any atom is 0.0443 e. The summed E-state index contributed by atoms with van der Waals surface area (Å²) in [5, 5.41) is 8.98. The van der Waals surface area contributed by atoms with Crippen molar-refractivity contribution >= 4 is 0 Å². The van der Waals surface area contributed by atoms with Gasteiger partial charge >= 0.3 is 0 Å². The molecule has 94 valence electrons. The van der Waals surface area contributed by atoms with Gasteiger partial charge in [-0.3, -0.25) is 4.90 Å². The number of rotatable bonds is 5. The average molecular weight is 233 g/mol. The number of hydrogen-bond acceptors (Lipinski definition) is 2. The summed E-state index contributed by atoms with van der Waals surface area (Å²) >= 11 is 0. The first-order chi connectivity index (χ1) is 8.36. The molecule has 0 aromatic heterocycles. The van der Waals surface area contributed by atoms with Crippen LogP contribution in [0.25, 0.3) is 0 Å². The largest absolute Gasteiger partial charge is 0.396 e. The highest BCUT2D eigenvalue weighted by Gasteiger charge is 2.24. The van der Waals surface area contributed by atoms with E-state index in [1.165, 1.54) is 30.4 Å². The number of hydrogen-bond donors (Lipinski definition) is 1. The molecule has 0 radical (unpaired) electrons. The van der Waals surface area contributed by atoms with Gasteiger partial charge in [0, 0.05) is 19.2 Å². The summed E-state index contributed by atoms with van der Waals surface area (Å²) in [6.45, 7) is 4.59. The molecule has 1 aromatic rings. The van der Waals surface area contributed by atoms with E-state index in [1.807, 2.05) is 0 Å². The van der Waals surface area contributed by atoms with Crippen molar-refractivity contribution in [3.63, 3.8) is 0 Å². The lowest BCUT2D eigenvalue weighted by atomic mass is 9.86. The number of aryl methyl sites for hydroxylation is 1. The van der Waals surface area contributed by atoms with Gasteiger partial charge in [-0.05, 0) is 43.4 Å². The molecule has 0 bridgehead atoms. The van der Waals surface area contributed by atoms with Gasteiger partial charge in [0.05, 0.1) is 0 Å². The molecule has 1 N–H and O–H groups in total. The van der Waals surface area contributed by atoms with Crippen LogP contribution in [0.1, 0.15) is 43.4 Å². The third-order valence-corrected chi connectivity index (χ3v) is 3.79. The average Bonchev–Trinajstić information content (AvgIpc) is 2.40. The molecule has 1 aliphatic rings. The van der Waals surface area contributed by atoms with E-state index in [2.05, 4.69) is 36.1 Å². The highest BCUT2D eigenvalue weighted by molar-refractivity contribution is 5.32. The van der Waals surface area contributed by atoms with Gasteiger partial charge in [0.25, 0.3) is 0 Å². The first-order valence-electron chi connectivity index (χ1n) is 6.79. The zero-order chi connectivity index (χ0) is 12.1. The van der Waals surface area contributed by atoms with Gasteiger partial charge in [-0.25, -0.2) is 0 Å². The Labute approximate surface area is 104 Å². The Morgan fingerprint density at radius 3 is 2.94 bits per heavy atom. The van der Waals surface area contributed by atoms with Crippen LogP contribution in [0.15, 0.2) is 24.3 Å². The maximum absolute atomic E-state index is 8.98. The van der Waals surface area contributed by atoms with Crippen molar-refractivity contribution in [3.05, 3.63) is 35.4 Å². The van der Waals surface area contributed by atoms with E-state index in [0.717, 1.165) is 19.5 Å². The fourth-order valence-electron chi connectivity index (χ4n) is 2.92. The predicted molar refractivity (Wildman–Crippen MR) is 71.1 cm³/mol. The van der Waals surface area contributed by atoms with Crippen LogP contribution in [0.5, 0.6) is 0 Å². The lowest BCUT2D eigenvalue weighted by molar-refractivity contribution is 0.167. The Morgan fingerprint density at radius 2 is 2.18 bits per heavy atom. The van der Waals surface area contributed by atoms with Gasteiger partial charge in [-0.15, -0.1) is 0 Å². The van der Waals surface area contributed by atoms with Crippen LogP contribution < -0.4 is 0 Å². The van der Waals surface area contributed by atoms with E-state index in [4.69, 9.17) is 5.11 Å². The zero-order valence-electron chi connectivity index (χ0n) is 10.7. The number of fused-ring (bicyclic) bond motifs is 1. The zero-order valence-corrected chi connectivity index (χ0v) is 10.7. The molecule has 1 aromatic carbocycles. The second kappa shape index (κ2) is 6.18. The van der Waals surface area contributed by atoms with Crippen molar-refractivity contribution in [2.45, 2.75) is 38.6 Å². The summed E-state index contributed by atoms with van der Waals surface area (Å²) < 4.78 is 0. The molecule has 1 atom stereocenters. The fraction of sp³-hybridized carbons (Fsp3) is 0.600. The van der Waals surface area contributed by atoms with Crippen molar-refractivity contribution in [1.29, 1.82) is 0 Å². The molecule has 0 heterocycles. The monoisotopic (exact) mass is 233 g/mol. The Morgan fingerprint density at radius 1 is 1.35 bits per heavy atom. The van der Waals surface area contributed by atoms with Gasteiger partial charge in [0.1, 0.15) is 0 Å². The maximum atomic E-state index is 8.98. The summed E-state index contributed by atoms with van der Waals surface area (Å²) in [4.78, 5) is 2.51. The van der Waals surface area contributed by atoms with Crippen molar-refractivity contribution in [1.82, 2.24) is 4.90 Å². The minimum absolute atomic E-state index is 0.296. The lowest BCUT2D eigenvalue weighted by Gasteiger charge is -2.35. The van der Waals surface area contributed by atoms with Gasteiger partial charge in [-0.1, -0.05) is 31.2 Å². The van der Waals surface area contributed by atoms with Crippen LogP contribution >= 0.6 is 0 Å². The Bertz CT molecular complexity index is 351. The lowest BCUT2D eigenvalue weighted by Crippen LogP contribution is -2.32. The number of aliphatic hydroxyl groups excluding tert-OH is 1. The van der Waals surface area contributed by atoms with Crippen LogP contribution in [-0.4, -0.2) is 29.7 Å². The van der Waals surface area contributed by atoms with E-state index in [9.17, 15) is 0 Å². The number of benzene rings is 1. The van der Waals surface area contributed by atoms with E-state index in [-0.39, 0.29) is 0 Å². The van der Waals surface area contributed by atoms with Crippen molar-refractivity contribution in [2.75, 3.05) is 19.7 Å². The van der Waals surface area contributed by atoms with Crippen LogP contribution in [0.3, 0.4) is 0 Å². The third kappa shape index (κ3) is 2.88. The summed E-state index contributed by atoms with van der Waals surface area (Å²) in [5.74, 6) is 0. The third-order valence-electron chi connectivity index (χ3n) is 3.79. The summed E-state index contributed by atoms with van der Waals surface area (Å²) in [7, 11) is 0. The second-order valence-corrected chi connectivity index (χ2v) is 4.81. The van der Waals surface area contributed by atoms with Gasteiger partial charge in [0.15, 0.2) is 0 Å². The van der Waals surface area contributed by atoms with Crippen LogP contribution in [-0.2, 0) is 6.42 Å². The Hall–Kier alpha value is -0.860. The van der Waals surface area contributed by atoms with Gasteiger partial charge in [-0.2, -0.15) is 0 Å². The van der Waals surface area contributed by atoms with Crippen LogP contribution in [0.4, 0.5) is 0 Å². The molecular weight excluding hydrogens is 210 g/mol. The van der Waals surface area contributed by atoms with E-state index >= 15 is 0 Å². The predicted octanol–water partition coefficient (Wildman–Crippen LogP) is 2.77. The summed E-state index contributed by atoms with van der Waals surface area (Å²) in [5.41, 5.74) is 3.03. The van der Waals surface area contributed by atoms with Crippen LogP contribution in [0, 0.1) is 0 Å². The molecular formula is C15H23NO. The van der Waals surface area contributed by atoms with Crippen molar-refractivity contribution in [2.24, 2.45) is 0 Å². The minimum atomic E-state index is 0.296. The van der Waals surface area contributed by atoms with Gasteiger partial charge < -0.3 is 5.11 Å². The number of nitrogens with zero attached hydrogens (tertiary/aromatic N) is 1. The molecule has 0 saturated carbocycles. The Kier molecular flexibility index (Phi) is 4.57. The first-order valence-corrected chi connectivity index (χ1v) is 6.79. The first kappa shape index (κ1) is 12.6. The minimum Gasteiger partial charge on any atom is -0.396 e. The molecule has 0 saturated heterocycles. The molecule has 2 heteroatoms. The quantitative estimate of drug-likeness (QED) is 0.845. The highest BCUT2D eigenvalue weighted by Crippen LogP contribution is 2.33. The molecule has 1 aliphatic carbocycles. The fourth-order valence-corrected chi connectivity index (χ4v) is 2.92. The standard InChI is InChI=1S/C15H23NO/c1-2-16(11-6-12-17)15-10-5-8-13-7-3-4-9-14(13)15/h3-4,7,9,15,17H,2,5-6,8,10-12H2,1H3. The normalized spacial score (nSPS) is 19.4. The molecule has 0 aliphatic heterocycles. The van der Waals surface area contributed by atoms with Crippen molar-refractivity contribution in [3.8, 4) is 0 Å². The highest BCUT2D eigenvalue weighted by atomic mass is 16.3. The molecule has 0 fully saturated rings. The number of aliphatic hydroxyl groups is 1. The molecule has 17 heavy (non-hydrogen) atoms. The molecule has 0 amide bonds. The topological polar surface area (TPSA) is 23.5 Å². The summed E-state index contributed by atoms with van der Waals surface area (Å²) in [6, 6.07) is 9.40. The van der Waals surface area contributed by atoms with Crippen LogP contribution in [0.2, 0.25) is 0 Å². The Balaban J connectivity index is 2.15. The molecule has 2 nitrogen and oxygen atoms in total. The van der Waals surface area contributed by atoms with E-state index in [1.54, 1.807) is 0 Å². The molecule has 1 unspecified atom stereocenters. The van der Waals surface area contributed by atoms with E-state index < -0.39 is 0 Å². The molecule has 0 spiro atoms.